The van der Waals surface area contributed by atoms with Gasteiger partial charge in [-0.1, -0.05) is 133 Å². The second-order valence-corrected chi connectivity index (χ2v) is 11.7. The number of nitrogens with one attached hydrogen (secondary N) is 1. The number of benzene rings is 6. The molecule has 47 heavy (non-hydrogen) atoms. The fourth-order valence-corrected chi connectivity index (χ4v) is 6.56. The first-order valence-electron chi connectivity index (χ1n) is 15.7. The number of fused-ring (bicyclic) bond motifs is 4. The minimum Gasteiger partial charge on any atom is -0.459 e. The van der Waals surface area contributed by atoms with Gasteiger partial charge in [-0.05, 0) is 39.6 Å². The Morgan fingerprint density at radius 2 is 0.957 bits per heavy atom. The molecule has 1 aliphatic rings. The lowest BCUT2D eigenvalue weighted by atomic mass is 9.89. The van der Waals surface area contributed by atoms with E-state index in [1.807, 2.05) is 48.5 Å². The Hall–Kier alpha value is -6.33. The molecule has 0 fully saturated rings. The molecule has 5 nitrogen and oxygen atoms in total. The highest BCUT2D eigenvalue weighted by Gasteiger charge is 2.24. The molecular formula is C42H28N4O. The van der Waals surface area contributed by atoms with Crippen molar-refractivity contribution in [3.63, 3.8) is 0 Å². The molecule has 0 atom stereocenters. The Morgan fingerprint density at radius 3 is 1.68 bits per heavy atom. The van der Waals surface area contributed by atoms with Gasteiger partial charge in [0, 0.05) is 39.4 Å². The molecule has 8 aromatic rings. The molecule has 222 valence electrons. The lowest BCUT2D eigenvalue weighted by Gasteiger charge is -2.18. The highest BCUT2D eigenvalue weighted by Crippen LogP contribution is 2.41. The molecule has 5 heteroatoms. The van der Waals surface area contributed by atoms with E-state index in [1.165, 1.54) is 5.56 Å². The van der Waals surface area contributed by atoms with Crippen molar-refractivity contribution in [1.29, 1.82) is 0 Å². The molecule has 1 N–H and O–H groups in total. The average molecular weight is 605 g/mol. The van der Waals surface area contributed by atoms with Crippen LogP contribution >= 0.6 is 0 Å². The van der Waals surface area contributed by atoms with E-state index in [0.29, 0.717) is 24.0 Å². The number of para-hydroxylation sites is 1. The number of hydrogen-bond donors (Lipinski definition) is 1. The highest BCUT2D eigenvalue weighted by molar-refractivity contribution is 6.07. The normalized spacial score (nSPS) is 12.5. The van der Waals surface area contributed by atoms with Gasteiger partial charge in [0.2, 0.25) is 0 Å². The fourth-order valence-electron chi connectivity index (χ4n) is 6.56. The van der Waals surface area contributed by atoms with Crippen molar-refractivity contribution in [2.75, 3.05) is 0 Å². The summed E-state index contributed by atoms with van der Waals surface area (Å²) in [6, 6.07) is 50.0. The van der Waals surface area contributed by atoms with Gasteiger partial charge >= 0.3 is 0 Å². The van der Waals surface area contributed by atoms with Gasteiger partial charge in [0.05, 0.1) is 6.54 Å². The maximum absolute atomic E-state index is 6.26. The first-order chi connectivity index (χ1) is 23.3. The third kappa shape index (κ3) is 4.77. The van der Waals surface area contributed by atoms with Crippen LogP contribution in [0.4, 0.5) is 0 Å². The van der Waals surface area contributed by atoms with Crippen LogP contribution in [0.15, 0.2) is 156 Å². The molecular weight excluding hydrogens is 576 g/mol. The first-order valence-corrected chi connectivity index (χ1v) is 15.7. The predicted octanol–water partition coefficient (Wildman–Crippen LogP) is 9.93. The summed E-state index contributed by atoms with van der Waals surface area (Å²) in [6.07, 6.45) is 2.11. The van der Waals surface area contributed by atoms with E-state index in [1.54, 1.807) is 0 Å². The molecule has 1 aliphatic heterocycles. The number of rotatable bonds is 5. The second kappa shape index (κ2) is 11.2. The fraction of sp³-hybridized carbons (Fsp3) is 0.0238. The minimum absolute atomic E-state index is 0.633. The van der Waals surface area contributed by atoms with Gasteiger partial charge in [-0.2, -0.15) is 0 Å². The zero-order valence-corrected chi connectivity index (χ0v) is 25.4. The summed E-state index contributed by atoms with van der Waals surface area (Å²) in [4.78, 5) is 15.1. The van der Waals surface area contributed by atoms with Crippen LogP contribution in [0.25, 0.3) is 72.6 Å². The Labute approximate surface area is 271 Å². The summed E-state index contributed by atoms with van der Waals surface area (Å²) in [5.74, 6) is 2.86. The van der Waals surface area contributed by atoms with Gasteiger partial charge in [-0.15, -0.1) is 0 Å². The Balaban J connectivity index is 1.20. The van der Waals surface area contributed by atoms with Gasteiger partial charge < -0.3 is 9.73 Å². The molecule has 0 bridgehead atoms. The van der Waals surface area contributed by atoms with E-state index in [4.69, 9.17) is 19.4 Å². The van der Waals surface area contributed by atoms with Gasteiger partial charge in [0.15, 0.2) is 17.5 Å². The molecule has 0 radical (unpaired) electrons. The molecule has 9 rings (SSSR count). The number of nitrogens with zero attached hydrogens (tertiary/aromatic N) is 3. The van der Waals surface area contributed by atoms with E-state index in [-0.39, 0.29) is 0 Å². The molecule has 3 heterocycles. The largest absolute Gasteiger partial charge is 0.459 e. The predicted molar refractivity (Wildman–Crippen MR) is 189 cm³/mol. The van der Waals surface area contributed by atoms with E-state index in [0.717, 1.165) is 66.5 Å². The molecule has 6 aromatic carbocycles. The smallest absolute Gasteiger partial charge is 0.164 e. The number of aromatic nitrogens is 3. The SMILES string of the molecule is C1=C(c2ccc(-c3nc(-c4ccccc4)nc(-c4ccc(-c5ccccc5)cc4)n3)c3ccccc23)c2c(oc3ccccc23)CN1. The van der Waals surface area contributed by atoms with Gasteiger partial charge in [0.1, 0.15) is 11.3 Å². The zero-order chi connectivity index (χ0) is 31.2. The maximum atomic E-state index is 6.26. The Bertz CT molecular complexity index is 2450. The Morgan fingerprint density at radius 1 is 0.447 bits per heavy atom. The van der Waals surface area contributed by atoms with E-state index >= 15 is 0 Å². The second-order valence-electron chi connectivity index (χ2n) is 11.7. The molecule has 0 saturated heterocycles. The van der Waals surface area contributed by atoms with Crippen molar-refractivity contribution in [2.45, 2.75) is 6.54 Å². The summed E-state index contributed by atoms with van der Waals surface area (Å²) in [5.41, 5.74) is 9.42. The van der Waals surface area contributed by atoms with E-state index < -0.39 is 0 Å². The van der Waals surface area contributed by atoms with Crippen LogP contribution in [0.5, 0.6) is 0 Å². The van der Waals surface area contributed by atoms with Crippen LogP contribution in [0.1, 0.15) is 16.9 Å². The summed E-state index contributed by atoms with van der Waals surface area (Å²) >= 11 is 0. The van der Waals surface area contributed by atoms with Crippen molar-refractivity contribution < 1.29 is 4.42 Å². The molecule has 0 saturated carbocycles. The lowest BCUT2D eigenvalue weighted by molar-refractivity contribution is 0.531. The summed E-state index contributed by atoms with van der Waals surface area (Å²) in [5, 5.41) is 6.75. The van der Waals surface area contributed by atoms with Crippen molar-refractivity contribution in [2.24, 2.45) is 0 Å². The van der Waals surface area contributed by atoms with Crippen LogP contribution in [-0.2, 0) is 6.54 Å². The van der Waals surface area contributed by atoms with Crippen LogP contribution in [0, 0.1) is 0 Å². The maximum Gasteiger partial charge on any atom is 0.164 e. The van der Waals surface area contributed by atoms with Crippen LogP contribution in [0.2, 0.25) is 0 Å². The zero-order valence-electron chi connectivity index (χ0n) is 25.4. The summed E-state index contributed by atoms with van der Waals surface area (Å²) in [7, 11) is 0. The number of hydrogen-bond acceptors (Lipinski definition) is 5. The minimum atomic E-state index is 0.633. The molecule has 0 spiro atoms. The van der Waals surface area contributed by atoms with Crippen molar-refractivity contribution in [3.8, 4) is 45.3 Å². The molecule has 2 aromatic heterocycles. The number of furan rings is 1. The van der Waals surface area contributed by atoms with Crippen molar-refractivity contribution in [3.05, 3.63) is 169 Å². The van der Waals surface area contributed by atoms with Gasteiger partial charge in [-0.25, -0.2) is 15.0 Å². The van der Waals surface area contributed by atoms with Crippen molar-refractivity contribution >= 4 is 27.3 Å². The summed E-state index contributed by atoms with van der Waals surface area (Å²) < 4.78 is 6.26. The topological polar surface area (TPSA) is 63.8 Å². The van der Waals surface area contributed by atoms with Crippen molar-refractivity contribution in [1.82, 2.24) is 20.3 Å². The standard InChI is InChI=1S/C42H28N4O/c1-3-11-27(12-4-1)28-19-21-30(22-20-28)41-44-40(29-13-5-2-6-14-29)45-42(46-41)34-24-23-33(31-15-7-8-16-32(31)34)36-25-43-26-38-39(36)35-17-9-10-18-37(35)47-38/h1-25,43H,26H2. The third-order valence-corrected chi connectivity index (χ3v) is 8.82. The van der Waals surface area contributed by atoms with Crippen LogP contribution < -0.4 is 5.32 Å². The van der Waals surface area contributed by atoms with Crippen LogP contribution in [-0.4, -0.2) is 15.0 Å². The average Bonchev–Trinajstić information content (AvgIpc) is 3.54. The van der Waals surface area contributed by atoms with Gasteiger partial charge in [0.25, 0.3) is 0 Å². The molecule has 0 unspecified atom stereocenters. The molecule has 0 aliphatic carbocycles. The lowest BCUT2D eigenvalue weighted by Crippen LogP contribution is -2.12. The van der Waals surface area contributed by atoms with Crippen LogP contribution in [0.3, 0.4) is 0 Å². The molecule has 0 amide bonds. The van der Waals surface area contributed by atoms with E-state index in [2.05, 4.69) is 109 Å². The quantitative estimate of drug-likeness (QED) is 0.212. The first kappa shape index (κ1) is 27.0. The van der Waals surface area contributed by atoms with E-state index in [9.17, 15) is 0 Å². The third-order valence-electron chi connectivity index (χ3n) is 8.82. The summed E-state index contributed by atoms with van der Waals surface area (Å²) in [6.45, 7) is 0.658. The monoisotopic (exact) mass is 604 g/mol. The highest BCUT2D eigenvalue weighted by atomic mass is 16.3. The Kier molecular flexibility index (Phi) is 6.46. The van der Waals surface area contributed by atoms with Gasteiger partial charge in [-0.3, -0.25) is 0 Å².